The van der Waals surface area contributed by atoms with Crippen molar-refractivity contribution in [2.24, 2.45) is 5.92 Å². The molecule has 0 saturated heterocycles. The molecule has 1 aliphatic carbocycles. The Balaban J connectivity index is 1.87. The average molecular weight is 364 g/mol. The van der Waals surface area contributed by atoms with Gasteiger partial charge in [-0.05, 0) is 37.8 Å². The maximum absolute atomic E-state index is 12.3. The number of carbonyl (C=O) groups is 3. The topological polar surface area (TPSA) is 75.7 Å². The van der Waals surface area contributed by atoms with Gasteiger partial charge in [0.15, 0.2) is 6.61 Å². The summed E-state index contributed by atoms with van der Waals surface area (Å²) < 4.78 is 5.13. The first-order chi connectivity index (χ1) is 11.9. The molecule has 0 unspecified atom stereocenters. The first kappa shape index (κ1) is 19.3. The zero-order valence-corrected chi connectivity index (χ0v) is 15.6. The van der Waals surface area contributed by atoms with Gasteiger partial charge in [-0.1, -0.05) is 12.1 Å². The Kier molecular flexibility index (Phi) is 6.87. The lowest BCUT2D eigenvalue weighted by molar-refractivity contribution is -0.126. The fourth-order valence-corrected chi connectivity index (χ4v) is 3.27. The van der Waals surface area contributed by atoms with E-state index in [0.29, 0.717) is 16.4 Å². The highest BCUT2D eigenvalue weighted by Crippen LogP contribution is 2.32. The van der Waals surface area contributed by atoms with Crippen molar-refractivity contribution in [3.63, 3.8) is 0 Å². The molecule has 0 bridgehead atoms. The molecule has 1 atom stereocenters. The van der Waals surface area contributed by atoms with Gasteiger partial charge >= 0.3 is 5.97 Å². The average Bonchev–Trinajstić information content (AvgIpc) is 3.42. The van der Waals surface area contributed by atoms with Gasteiger partial charge in [-0.25, -0.2) is 4.79 Å². The lowest BCUT2D eigenvalue weighted by Crippen LogP contribution is -2.37. The van der Waals surface area contributed by atoms with E-state index in [1.807, 2.05) is 6.92 Å². The van der Waals surface area contributed by atoms with E-state index in [0.717, 1.165) is 12.8 Å². The van der Waals surface area contributed by atoms with Crippen molar-refractivity contribution in [2.45, 2.75) is 30.7 Å². The van der Waals surface area contributed by atoms with Crippen LogP contribution in [0.4, 0.5) is 0 Å². The van der Waals surface area contributed by atoms with E-state index < -0.39 is 5.97 Å². The predicted octanol–water partition coefficient (Wildman–Crippen LogP) is 1.94. The standard InChI is InChI=1S/C18H24N2O4S/c1-12(13-8-9-13)19-16(21)10-24-18(23)14-6-4-5-7-15(14)25-11-17(22)20(2)3/h4-7,12-13H,8-11H2,1-3H3,(H,19,21)/t12-/m1/s1. The third-order valence-corrected chi connectivity index (χ3v) is 5.07. The monoisotopic (exact) mass is 364 g/mol. The minimum atomic E-state index is -0.561. The first-order valence-electron chi connectivity index (χ1n) is 8.27. The molecule has 1 aliphatic rings. The second kappa shape index (κ2) is 8.89. The van der Waals surface area contributed by atoms with Gasteiger partial charge in [0.2, 0.25) is 5.91 Å². The Morgan fingerprint density at radius 3 is 2.60 bits per heavy atom. The van der Waals surface area contributed by atoms with Crippen LogP contribution in [-0.2, 0) is 14.3 Å². The van der Waals surface area contributed by atoms with Crippen LogP contribution in [0.3, 0.4) is 0 Å². The van der Waals surface area contributed by atoms with Gasteiger partial charge in [-0.3, -0.25) is 9.59 Å². The van der Waals surface area contributed by atoms with Crippen LogP contribution in [0.2, 0.25) is 0 Å². The number of rotatable bonds is 8. The summed E-state index contributed by atoms with van der Waals surface area (Å²) in [6, 6.07) is 7.04. The van der Waals surface area contributed by atoms with Crippen LogP contribution in [-0.4, -0.2) is 55.2 Å². The molecule has 1 aromatic carbocycles. The fourth-order valence-electron chi connectivity index (χ4n) is 2.25. The number of carbonyl (C=O) groups excluding carboxylic acids is 3. The molecule has 0 heterocycles. The molecule has 6 nitrogen and oxygen atoms in total. The number of nitrogens with one attached hydrogen (secondary N) is 1. The number of benzene rings is 1. The van der Waals surface area contributed by atoms with Gasteiger partial charge in [-0.2, -0.15) is 0 Å². The van der Waals surface area contributed by atoms with E-state index in [2.05, 4.69) is 5.32 Å². The predicted molar refractivity (Wildman–Crippen MR) is 96.5 cm³/mol. The summed E-state index contributed by atoms with van der Waals surface area (Å²) in [4.78, 5) is 38.0. The second-order valence-corrected chi connectivity index (χ2v) is 7.36. The largest absolute Gasteiger partial charge is 0.452 e. The maximum Gasteiger partial charge on any atom is 0.339 e. The fraction of sp³-hybridized carbons (Fsp3) is 0.500. The Hall–Kier alpha value is -2.02. The van der Waals surface area contributed by atoms with Crippen molar-refractivity contribution < 1.29 is 19.1 Å². The molecule has 1 N–H and O–H groups in total. The van der Waals surface area contributed by atoms with Gasteiger partial charge < -0.3 is 15.0 Å². The van der Waals surface area contributed by atoms with Gasteiger partial charge in [0.25, 0.3) is 5.91 Å². The molecule has 0 radical (unpaired) electrons. The molecule has 0 spiro atoms. The molecule has 136 valence electrons. The summed E-state index contributed by atoms with van der Waals surface area (Å²) in [5.41, 5.74) is 0.363. The molecule has 25 heavy (non-hydrogen) atoms. The molecular weight excluding hydrogens is 340 g/mol. The van der Waals surface area contributed by atoms with Crippen molar-refractivity contribution in [3.05, 3.63) is 29.8 Å². The molecule has 1 saturated carbocycles. The van der Waals surface area contributed by atoms with Crippen LogP contribution in [0.5, 0.6) is 0 Å². The third-order valence-electron chi connectivity index (χ3n) is 4.01. The first-order valence-corrected chi connectivity index (χ1v) is 9.25. The van der Waals surface area contributed by atoms with Crippen LogP contribution < -0.4 is 5.32 Å². The van der Waals surface area contributed by atoms with Crippen molar-refractivity contribution >= 4 is 29.5 Å². The number of ether oxygens (including phenoxy) is 1. The quantitative estimate of drug-likeness (QED) is 0.564. The van der Waals surface area contributed by atoms with E-state index in [1.54, 1.807) is 38.4 Å². The number of hydrogen-bond donors (Lipinski definition) is 1. The number of nitrogens with zero attached hydrogens (tertiary/aromatic N) is 1. The molecule has 0 aromatic heterocycles. The normalized spacial score (nSPS) is 14.5. The number of hydrogen-bond acceptors (Lipinski definition) is 5. The van der Waals surface area contributed by atoms with Crippen molar-refractivity contribution in [3.8, 4) is 0 Å². The SMILES string of the molecule is C[C@@H](NC(=O)COC(=O)c1ccccc1SCC(=O)N(C)C)C1CC1. The van der Waals surface area contributed by atoms with E-state index in [-0.39, 0.29) is 30.2 Å². The van der Waals surface area contributed by atoms with E-state index in [4.69, 9.17) is 4.74 Å². The van der Waals surface area contributed by atoms with E-state index >= 15 is 0 Å². The third kappa shape index (κ3) is 6.08. The van der Waals surface area contributed by atoms with Gasteiger partial charge in [-0.15, -0.1) is 11.8 Å². The summed E-state index contributed by atoms with van der Waals surface area (Å²) >= 11 is 1.28. The van der Waals surface area contributed by atoms with Crippen LogP contribution in [0.15, 0.2) is 29.2 Å². The Labute approximate surface area is 152 Å². The summed E-state index contributed by atoms with van der Waals surface area (Å²) in [6.45, 7) is 1.66. The maximum atomic E-state index is 12.3. The molecule has 1 fully saturated rings. The van der Waals surface area contributed by atoms with Crippen molar-refractivity contribution in [1.29, 1.82) is 0 Å². The van der Waals surface area contributed by atoms with Crippen LogP contribution in [0, 0.1) is 5.92 Å². The second-order valence-electron chi connectivity index (χ2n) is 6.34. The number of esters is 1. The summed E-state index contributed by atoms with van der Waals surface area (Å²) in [5, 5.41) is 2.84. The molecule has 7 heteroatoms. The summed E-state index contributed by atoms with van der Waals surface area (Å²) in [6.07, 6.45) is 2.27. The Morgan fingerprint density at radius 1 is 1.28 bits per heavy atom. The van der Waals surface area contributed by atoms with Gasteiger partial charge in [0.1, 0.15) is 0 Å². The number of thioether (sulfide) groups is 1. The smallest absolute Gasteiger partial charge is 0.339 e. The number of amides is 2. The highest BCUT2D eigenvalue weighted by atomic mass is 32.2. The Morgan fingerprint density at radius 2 is 1.96 bits per heavy atom. The lowest BCUT2D eigenvalue weighted by Gasteiger charge is -2.14. The summed E-state index contributed by atoms with van der Waals surface area (Å²) in [7, 11) is 3.37. The van der Waals surface area contributed by atoms with E-state index in [1.165, 1.54) is 16.7 Å². The molecule has 0 aliphatic heterocycles. The highest BCUT2D eigenvalue weighted by molar-refractivity contribution is 8.00. The van der Waals surface area contributed by atoms with Crippen LogP contribution in [0.25, 0.3) is 0 Å². The highest BCUT2D eigenvalue weighted by Gasteiger charge is 2.29. The van der Waals surface area contributed by atoms with Gasteiger partial charge in [0, 0.05) is 25.0 Å². The van der Waals surface area contributed by atoms with Crippen molar-refractivity contribution in [2.75, 3.05) is 26.5 Å². The Bertz CT molecular complexity index is 644. The molecule has 1 aromatic rings. The molecule has 2 rings (SSSR count). The van der Waals surface area contributed by atoms with Crippen LogP contribution in [0.1, 0.15) is 30.1 Å². The minimum Gasteiger partial charge on any atom is -0.452 e. The van der Waals surface area contributed by atoms with Crippen LogP contribution >= 0.6 is 11.8 Å². The van der Waals surface area contributed by atoms with E-state index in [9.17, 15) is 14.4 Å². The minimum absolute atomic E-state index is 0.0402. The molecule has 2 amide bonds. The lowest BCUT2D eigenvalue weighted by atomic mass is 10.2. The van der Waals surface area contributed by atoms with Gasteiger partial charge in [0.05, 0.1) is 11.3 Å². The zero-order valence-electron chi connectivity index (χ0n) is 14.8. The summed E-state index contributed by atoms with van der Waals surface area (Å²) in [5.74, 6) is -0.112. The van der Waals surface area contributed by atoms with Crippen molar-refractivity contribution in [1.82, 2.24) is 10.2 Å². The zero-order chi connectivity index (χ0) is 18.4. The molecular formula is C18H24N2O4S.